The average molecular weight is 274 g/mol. The zero-order chi connectivity index (χ0) is 15.3. The van der Waals surface area contributed by atoms with E-state index in [0.717, 1.165) is 0 Å². The zero-order valence-corrected chi connectivity index (χ0v) is 13.3. The molecule has 0 bridgehead atoms. The fourth-order valence-corrected chi connectivity index (χ4v) is 1.74. The lowest BCUT2D eigenvalue weighted by molar-refractivity contribution is 0.0141. The Bertz CT molecular complexity index is 288. The molecule has 0 aliphatic carbocycles. The first-order chi connectivity index (χ1) is 8.52. The molecular weight excluding hydrogens is 244 g/mol. The number of methoxy groups -OCH3 is 1. The Kier molecular flexibility index (Phi) is 6.80. The van der Waals surface area contributed by atoms with E-state index in [1.807, 2.05) is 41.5 Å². The molecule has 0 fully saturated rings. The van der Waals surface area contributed by atoms with Crippen molar-refractivity contribution in [3.8, 4) is 0 Å². The van der Waals surface area contributed by atoms with Crippen molar-refractivity contribution < 1.29 is 14.6 Å². The lowest BCUT2D eigenvalue weighted by atomic mass is 9.81. The van der Waals surface area contributed by atoms with Gasteiger partial charge in [-0.3, -0.25) is 0 Å². The van der Waals surface area contributed by atoms with Crippen LogP contribution in [0, 0.1) is 11.3 Å². The molecule has 0 heterocycles. The van der Waals surface area contributed by atoms with Crippen LogP contribution in [0.4, 0.5) is 4.79 Å². The number of carbonyl (C=O) groups excluding carboxylic acids is 1. The second kappa shape index (κ2) is 7.10. The van der Waals surface area contributed by atoms with Crippen molar-refractivity contribution >= 4 is 6.03 Å². The van der Waals surface area contributed by atoms with Crippen LogP contribution >= 0.6 is 0 Å². The highest BCUT2D eigenvalue weighted by Gasteiger charge is 2.30. The second-order valence-corrected chi connectivity index (χ2v) is 6.68. The van der Waals surface area contributed by atoms with E-state index in [-0.39, 0.29) is 23.0 Å². The van der Waals surface area contributed by atoms with E-state index in [1.54, 1.807) is 7.11 Å². The first kappa shape index (κ1) is 18.2. The van der Waals surface area contributed by atoms with Crippen molar-refractivity contribution in [2.24, 2.45) is 11.3 Å². The molecule has 0 rings (SSSR count). The molecule has 3 N–H and O–H groups in total. The van der Waals surface area contributed by atoms with E-state index in [0.29, 0.717) is 13.1 Å². The number of urea groups is 1. The highest BCUT2D eigenvalue weighted by atomic mass is 16.5. The largest absolute Gasteiger partial charge is 0.392 e. The van der Waals surface area contributed by atoms with Crippen molar-refractivity contribution in [1.82, 2.24) is 10.6 Å². The standard InChI is InChI=1S/C14H30N2O3/c1-10(2)11(17)13(3,4)8-15-12(18)16-9-14(5,6)19-7/h10-11,17H,8-9H2,1-7H3,(H2,15,16,18). The predicted molar refractivity (Wildman–Crippen MR) is 77.1 cm³/mol. The summed E-state index contributed by atoms with van der Waals surface area (Å²) in [6, 6.07) is -0.242. The fraction of sp³-hybridized carbons (Fsp3) is 0.929. The average Bonchev–Trinajstić information content (AvgIpc) is 2.33. The number of ether oxygens (including phenoxy) is 1. The maximum absolute atomic E-state index is 11.7. The lowest BCUT2D eigenvalue weighted by Crippen LogP contribution is -2.49. The molecule has 0 saturated carbocycles. The van der Waals surface area contributed by atoms with Gasteiger partial charge in [-0.15, -0.1) is 0 Å². The second-order valence-electron chi connectivity index (χ2n) is 6.68. The molecule has 0 spiro atoms. The first-order valence-corrected chi connectivity index (χ1v) is 6.77. The summed E-state index contributed by atoms with van der Waals surface area (Å²) >= 11 is 0. The molecule has 0 aromatic heterocycles. The van der Waals surface area contributed by atoms with Gasteiger partial charge in [-0.1, -0.05) is 27.7 Å². The molecule has 1 atom stereocenters. The molecule has 0 aromatic carbocycles. The van der Waals surface area contributed by atoms with Crippen LogP contribution in [0.15, 0.2) is 0 Å². The summed E-state index contributed by atoms with van der Waals surface area (Å²) < 4.78 is 5.22. The predicted octanol–water partition coefficient (Wildman–Crippen LogP) is 1.75. The third kappa shape index (κ3) is 6.78. The Labute approximate surface area is 117 Å². The van der Waals surface area contributed by atoms with Crippen LogP contribution in [0.2, 0.25) is 0 Å². The molecule has 2 amide bonds. The van der Waals surface area contributed by atoms with Crippen molar-refractivity contribution in [2.75, 3.05) is 20.2 Å². The normalized spacial score (nSPS) is 14.4. The summed E-state index contributed by atoms with van der Waals surface area (Å²) in [5.41, 5.74) is -0.743. The Morgan fingerprint density at radius 1 is 1.16 bits per heavy atom. The summed E-state index contributed by atoms with van der Waals surface area (Å²) in [5.74, 6) is 0.160. The smallest absolute Gasteiger partial charge is 0.314 e. The number of nitrogens with one attached hydrogen (secondary N) is 2. The molecule has 1 unspecified atom stereocenters. The highest BCUT2D eigenvalue weighted by Crippen LogP contribution is 2.24. The zero-order valence-electron chi connectivity index (χ0n) is 13.3. The minimum absolute atomic E-state index is 0.160. The van der Waals surface area contributed by atoms with Gasteiger partial charge in [0.15, 0.2) is 0 Å². The van der Waals surface area contributed by atoms with Gasteiger partial charge in [0.25, 0.3) is 0 Å². The van der Waals surface area contributed by atoms with E-state index in [4.69, 9.17) is 4.74 Å². The van der Waals surface area contributed by atoms with Gasteiger partial charge >= 0.3 is 6.03 Å². The third-order valence-corrected chi connectivity index (χ3v) is 3.36. The molecule has 0 aliphatic rings. The Balaban J connectivity index is 4.16. The van der Waals surface area contributed by atoms with Gasteiger partial charge in [0.2, 0.25) is 0 Å². The summed E-state index contributed by atoms with van der Waals surface area (Å²) in [7, 11) is 1.61. The number of amides is 2. The summed E-state index contributed by atoms with van der Waals surface area (Å²) in [5, 5.41) is 15.6. The van der Waals surface area contributed by atoms with Crippen LogP contribution in [-0.4, -0.2) is 43.0 Å². The van der Waals surface area contributed by atoms with Gasteiger partial charge in [-0.05, 0) is 19.8 Å². The minimum Gasteiger partial charge on any atom is -0.392 e. The Morgan fingerprint density at radius 2 is 1.63 bits per heavy atom. The Morgan fingerprint density at radius 3 is 2.05 bits per heavy atom. The van der Waals surface area contributed by atoms with Crippen molar-refractivity contribution in [3.05, 3.63) is 0 Å². The first-order valence-electron chi connectivity index (χ1n) is 6.77. The number of hydrogen-bond acceptors (Lipinski definition) is 3. The number of hydrogen-bond donors (Lipinski definition) is 3. The molecule has 5 heteroatoms. The molecule has 0 radical (unpaired) electrons. The van der Waals surface area contributed by atoms with Crippen molar-refractivity contribution in [1.29, 1.82) is 0 Å². The van der Waals surface area contributed by atoms with Crippen LogP contribution in [0.1, 0.15) is 41.5 Å². The van der Waals surface area contributed by atoms with Crippen LogP contribution in [-0.2, 0) is 4.74 Å². The maximum atomic E-state index is 11.7. The van der Waals surface area contributed by atoms with Crippen molar-refractivity contribution in [3.63, 3.8) is 0 Å². The number of carbonyl (C=O) groups is 1. The van der Waals surface area contributed by atoms with Gasteiger partial charge < -0.3 is 20.5 Å². The minimum atomic E-state index is -0.455. The third-order valence-electron chi connectivity index (χ3n) is 3.36. The van der Waals surface area contributed by atoms with Gasteiger partial charge in [-0.2, -0.15) is 0 Å². The molecule has 5 nitrogen and oxygen atoms in total. The topological polar surface area (TPSA) is 70.6 Å². The van der Waals surface area contributed by atoms with E-state index in [9.17, 15) is 9.90 Å². The molecule has 114 valence electrons. The van der Waals surface area contributed by atoms with Crippen molar-refractivity contribution in [2.45, 2.75) is 53.2 Å². The lowest BCUT2D eigenvalue weighted by Gasteiger charge is -2.33. The van der Waals surface area contributed by atoms with E-state index < -0.39 is 6.10 Å². The molecule has 0 aromatic rings. The molecule has 0 aliphatic heterocycles. The van der Waals surface area contributed by atoms with Gasteiger partial charge in [0, 0.05) is 25.6 Å². The molecule has 19 heavy (non-hydrogen) atoms. The summed E-state index contributed by atoms with van der Waals surface area (Å²) in [6.45, 7) is 12.5. The maximum Gasteiger partial charge on any atom is 0.314 e. The fourth-order valence-electron chi connectivity index (χ4n) is 1.74. The van der Waals surface area contributed by atoms with Gasteiger partial charge in [-0.25, -0.2) is 4.79 Å². The quantitative estimate of drug-likeness (QED) is 0.662. The SMILES string of the molecule is COC(C)(C)CNC(=O)NCC(C)(C)C(O)C(C)C. The van der Waals surface area contributed by atoms with Crippen LogP contribution < -0.4 is 10.6 Å². The van der Waals surface area contributed by atoms with E-state index in [2.05, 4.69) is 10.6 Å². The van der Waals surface area contributed by atoms with Gasteiger partial charge in [0.1, 0.15) is 0 Å². The summed E-state index contributed by atoms with van der Waals surface area (Å²) in [4.78, 5) is 11.7. The van der Waals surface area contributed by atoms with Crippen LogP contribution in [0.3, 0.4) is 0 Å². The highest BCUT2D eigenvalue weighted by molar-refractivity contribution is 5.73. The Hall–Kier alpha value is -0.810. The van der Waals surface area contributed by atoms with Gasteiger partial charge in [0.05, 0.1) is 11.7 Å². The molecule has 0 saturated heterocycles. The summed E-state index contributed by atoms with van der Waals surface area (Å²) in [6.07, 6.45) is -0.455. The number of aliphatic hydroxyl groups excluding tert-OH is 1. The molecular formula is C14H30N2O3. The van der Waals surface area contributed by atoms with Crippen LogP contribution in [0.25, 0.3) is 0 Å². The van der Waals surface area contributed by atoms with Crippen LogP contribution in [0.5, 0.6) is 0 Å². The van der Waals surface area contributed by atoms with E-state index in [1.165, 1.54) is 0 Å². The number of rotatable bonds is 7. The number of aliphatic hydroxyl groups is 1. The van der Waals surface area contributed by atoms with E-state index >= 15 is 0 Å². The monoisotopic (exact) mass is 274 g/mol.